The van der Waals surface area contributed by atoms with Crippen LogP contribution in [-0.2, 0) is 18.4 Å². The number of aliphatic carboxylic acids is 1. The van der Waals surface area contributed by atoms with Crippen LogP contribution in [0.15, 0.2) is 27.8 Å². The molecule has 2 rings (SSSR count). The van der Waals surface area contributed by atoms with Crippen molar-refractivity contribution in [1.29, 1.82) is 0 Å². The summed E-state index contributed by atoms with van der Waals surface area (Å²) in [6, 6.07) is 4.39. The molecule has 0 aliphatic heterocycles. The first-order valence-electron chi connectivity index (χ1n) is 5.02. The van der Waals surface area contributed by atoms with Gasteiger partial charge in [-0.25, -0.2) is 4.79 Å². The van der Waals surface area contributed by atoms with Crippen molar-refractivity contribution in [2.45, 2.75) is 6.54 Å². The van der Waals surface area contributed by atoms with Gasteiger partial charge in [-0.3, -0.25) is 18.7 Å². The highest BCUT2D eigenvalue weighted by atomic mass is 35.5. The Kier molecular flexibility index (Phi) is 2.96. The molecule has 0 atom stereocenters. The summed E-state index contributed by atoms with van der Waals surface area (Å²) >= 11 is 5.80. The highest BCUT2D eigenvalue weighted by Crippen LogP contribution is 2.15. The Morgan fingerprint density at radius 3 is 2.67 bits per heavy atom. The lowest BCUT2D eigenvalue weighted by Crippen LogP contribution is -2.39. The van der Waals surface area contributed by atoms with Gasteiger partial charge in [-0.15, -0.1) is 0 Å². The molecule has 1 heterocycles. The van der Waals surface area contributed by atoms with Crippen molar-refractivity contribution in [2.75, 3.05) is 0 Å². The van der Waals surface area contributed by atoms with Crippen molar-refractivity contribution in [3.05, 3.63) is 44.1 Å². The van der Waals surface area contributed by atoms with E-state index in [2.05, 4.69) is 0 Å². The Labute approximate surface area is 106 Å². The Balaban J connectivity index is 2.98. The number of carbonyl (C=O) groups is 1. The normalized spacial score (nSPS) is 10.8. The van der Waals surface area contributed by atoms with Crippen molar-refractivity contribution in [2.24, 2.45) is 7.05 Å². The molecule has 18 heavy (non-hydrogen) atoms. The standard InChI is InChI=1S/C11H9ClN2O4/c1-13-10(17)7-3-2-6(12)4-8(7)14(11(13)18)5-9(15)16/h2-4H,5H2,1H3,(H,15,16). The summed E-state index contributed by atoms with van der Waals surface area (Å²) in [4.78, 5) is 34.5. The molecule has 6 nitrogen and oxygen atoms in total. The van der Waals surface area contributed by atoms with E-state index in [9.17, 15) is 14.4 Å². The maximum atomic E-state index is 11.9. The van der Waals surface area contributed by atoms with Crippen molar-refractivity contribution in [1.82, 2.24) is 9.13 Å². The number of halogens is 1. The molecule has 94 valence electrons. The maximum Gasteiger partial charge on any atom is 0.331 e. The molecule has 0 bridgehead atoms. The third kappa shape index (κ3) is 1.91. The molecule has 0 saturated heterocycles. The minimum atomic E-state index is -1.17. The lowest BCUT2D eigenvalue weighted by atomic mass is 10.2. The number of hydrogen-bond donors (Lipinski definition) is 1. The van der Waals surface area contributed by atoms with Crippen molar-refractivity contribution in [3.8, 4) is 0 Å². The zero-order valence-corrected chi connectivity index (χ0v) is 10.1. The van der Waals surface area contributed by atoms with Gasteiger partial charge in [0, 0.05) is 12.1 Å². The number of nitrogens with zero attached hydrogens (tertiary/aromatic N) is 2. The topological polar surface area (TPSA) is 81.3 Å². The number of benzene rings is 1. The van der Waals surface area contributed by atoms with E-state index in [1.54, 1.807) is 0 Å². The summed E-state index contributed by atoms with van der Waals surface area (Å²) < 4.78 is 1.88. The fourth-order valence-corrected chi connectivity index (χ4v) is 1.92. The zero-order chi connectivity index (χ0) is 13.4. The van der Waals surface area contributed by atoms with Crippen LogP contribution in [0.4, 0.5) is 0 Å². The van der Waals surface area contributed by atoms with Gasteiger partial charge in [0.2, 0.25) is 0 Å². The van der Waals surface area contributed by atoms with E-state index in [0.717, 1.165) is 9.13 Å². The molecule has 1 N–H and O–H groups in total. The Morgan fingerprint density at radius 2 is 2.06 bits per heavy atom. The molecule has 0 unspecified atom stereocenters. The third-order valence-corrected chi connectivity index (χ3v) is 2.83. The minimum Gasteiger partial charge on any atom is -0.480 e. The van der Waals surface area contributed by atoms with Gasteiger partial charge in [-0.05, 0) is 18.2 Å². The van der Waals surface area contributed by atoms with Crippen LogP contribution in [0.25, 0.3) is 10.9 Å². The largest absolute Gasteiger partial charge is 0.480 e. The number of carboxylic acid groups (broad SMARTS) is 1. The second-order valence-electron chi connectivity index (χ2n) is 3.79. The summed E-state index contributed by atoms with van der Waals surface area (Å²) in [6.45, 7) is -0.524. The monoisotopic (exact) mass is 268 g/mol. The number of fused-ring (bicyclic) bond motifs is 1. The first-order valence-corrected chi connectivity index (χ1v) is 5.40. The SMILES string of the molecule is Cn1c(=O)c2ccc(Cl)cc2n(CC(=O)O)c1=O. The van der Waals surface area contributed by atoms with Crippen molar-refractivity contribution in [3.63, 3.8) is 0 Å². The summed E-state index contributed by atoms with van der Waals surface area (Å²) in [5.41, 5.74) is -0.941. The van der Waals surface area contributed by atoms with E-state index < -0.39 is 23.8 Å². The second-order valence-corrected chi connectivity index (χ2v) is 4.22. The quantitative estimate of drug-likeness (QED) is 0.857. The van der Waals surface area contributed by atoms with Gasteiger partial charge in [0.05, 0.1) is 10.9 Å². The molecule has 0 saturated carbocycles. The van der Waals surface area contributed by atoms with Gasteiger partial charge in [0.1, 0.15) is 6.54 Å². The van der Waals surface area contributed by atoms with Crippen LogP contribution in [-0.4, -0.2) is 20.2 Å². The van der Waals surface area contributed by atoms with E-state index in [0.29, 0.717) is 5.02 Å². The van der Waals surface area contributed by atoms with E-state index in [-0.39, 0.29) is 10.9 Å². The maximum absolute atomic E-state index is 11.9. The van der Waals surface area contributed by atoms with Crippen molar-refractivity contribution < 1.29 is 9.90 Å². The number of carboxylic acids is 1. The highest BCUT2D eigenvalue weighted by Gasteiger charge is 2.13. The summed E-state index contributed by atoms with van der Waals surface area (Å²) in [5.74, 6) is -1.17. The zero-order valence-electron chi connectivity index (χ0n) is 9.38. The predicted octanol–water partition coefficient (Wildman–Crippen LogP) is 0.438. The average Bonchev–Trinajstić information content (AvgIpc) is 2.31. The van der Waals surface area contributed by atoms with E-state index in [1.807, 2.05) is 0 Å². The lowest BCUT2D eigenvalue weighted by Gasteiger charge is -2.09. The van der Waals surface area contributed by atoms with Gasteiger partial charge in [-0.2, -0.15) is 0 Å². The van der Waals surface area contributed by atoms with Crippen LogP contribution in [0.1, 0.15) is 0 Å². The second kappa shape index (κ2) is 4.30. The molecular formula is C11H9ClN2O4. The van der Waals surface area contributed by atoms with Crippen molar-refractivity contribution >= 4 is 28.5 Å². The van der Waals surface area contributed by atoms with Gasteiger partial charge in [0.25, 0.3) is 5.56 Å². The fraction of sp³-hybridized carbons (Fsp3) is 0.182. The van der Waals surface area contributed by atoms with Crippen LogP contribution >= 0.6 is 11.6 Å². The molecule has 1 aromatic heterocycles. The summed E-state index contributed by atoms with van der Waals surface area (Å²) in [7, 11) is 1.30. The van der Waals surface area contributed by atoms with E-state index in [4.69, 9.17) is 16.7 Å². The van der Waals surface area contributed by atoms with E-state index in [1.165, 1.54) is 25.2 Å². The average molecular weight is 269 g/mol. The van der Waals surface area contributed by atoms with Crippen LogP contribution < -0.4 is 11.2 Å². The first-order chi connectivity index (χ1) is 8.41. The number of rotatable bonds is 2. The number of hydrogen-bond acceptors (Lipinski definition) is 3. The molecule has 0 radical (unpaired) electrons. The summed E-state index contributed by atoms with van der Waals surface area (Å²) in [5, 5.41) is 9.38. The molecular weight excluding hydrogens is 260 g/mol. The van der Waals surface area contributed by atoms with Gasteiger partial charge in [0.15, 0.2) is 0 Å². The lowest BCUT2D eigenvalue weighted by molar-refractivity contribution is -0.137. The van der Waals surface area contributed by atoms with Crippen LogP contribution in [0.3, 0.4) is 0 Å². The molecule has 2 aromatic rings. The molecule has 0 aliphatic rings. The van der Waals surface area contributed by atoms with E-state index >= 15 is 0 Å². The Bertz CT molecular complexity index is 760. The predicted molar refractivity (Wildman–Crippen MR) is 66.1 cm³/mol. The molecule has 1 aromatic carbocycles. The molecule has 0 spiro atoms. The van der Waals surface area contributed by atoms with Gasteiger partial charge >= 0.3 is 11.7 Å². The van der Waals surface area contributed by atoms with Gasteiger partial charge < -0.3 is 5.11 Å². The minimum absolute atomic E-state index is 0.220. The molecule has 0 fully saturated rings. The molecule has 0 aliphatic carbocycles. The number of aromatic nitrogens is 2. The molecule has 7 heteroatoms. The smallest absolute Gasteiger partial charge is 0.331 e. The Morgan fingerprint density at radius 1 is 1.39 bits per heavy atom. The molecule has 0 amide bonds. The van der Waals surface area contributed by atoms with Gasteiger partial charge in [-0.1, -0.05) is 11.6 Å². The Hall–Kier alpha value is -2.08. The first kappa shape index (κ1) is 12.4. The fourth-order valence-electron chi connectivity index (χ4n) is 1.75. The third-order valence-electron chi connectivity index (χ3n) is 2.60. The van der Waals surface area contributed by atoms with Crippen LogP contribution in [0.5, 0.6) is 0 Å². The highest BCUT2D eigenvalue weighted by molar-refractivity contribution is 6.31. The van der Waals surface area contributed by atoms with Crippen LogP contribution in [0.2, 0.25) is 5.02 Å². The summed E-state index contributed by atoms with van der Waals surface area (Å²) in [6.07, 6.45) is 0. The van der Waals surface area contributed by atoms with Crippen LogP contribution in [0, 0.1) is 0 Å².